The summed E-state index contributed by atoms with van der Waals surface area (Å²) >= 11 is 13.2. The van der Waals surface area contributed by atoms with E-state index < -0.39 is 23.6 Å². The Morgan fingerprint density at radius 2 is 1.77 bits per heavy atom. The third kappa shape index (κ3) is 7.15. The number of benzene rings is 3. The predicted molar refractivity (Wildman–Crippen MR) is 156 cm³/mol. The van der Waals surface area contributed by atoms with Crippen molar-refractivity contribution in [2.24, 2.45) is 0 Å². The summed E-state index contributed by atoms with van der Waals surface area (Å²) in [6, 6.07) is 16.2. The van der Waals surface area contributed by atoms with Crippen LogP contribution in [-0.2, 0) is 16.2 Å². The van der Waals surface area contributed by atoms with Crippen molar-refractivity contribution in [2.45, 2.75) is 27.4 Å². The second-order valence-corrected chi connectivity index (χ2v) is 10.6. The number of aryl methyl sites for hydroxylation is 2. The molecule has 1 fully saturated rings. The second-order valence-electron chi connectivity index (χ2n) is 8.81. The first-order valence-corrected chi connectivity index (χ1v) is 13.7. The maximum atomic E-state index is 13.0. The average Bonchev–Trinajstić information content (AvgIpc) is 3.14. The molecule has 3 amide bonds. The van der Waals surface area contributed by atoms with Crippen LogP contribution in [0.4, 0.5) is 10.5 Å². The molecule has 4 rings (SSSR count). The van der Waals surface area contributed by atoms with Crippen LogP contribution in [0.1, 0.15) is 29.2 Å². The highest BCUT2D eigenvalue weighted by atomic mass is 35.5. The summed E-state index contributed by atoms with van der Waals surface area (Å²) in [6.45, 7) is 5.84. The Morgan fingerprint density at radius 3 is 2.49 bits per heavy atom. The van der Waals surface area contributed by atoms with Gasteiger partial charge in [-0.15, -0.1) is 0 Å². The van der Waals surface area contributed by atoms with E-state index in [1.165, 1.54) is 0 Å². The molecule has 1 aliphatic heterocycles. The third-order valence-electron chi connectivity index (χ3n) is 5.77. The van der Waals surface area contributed by atoms with Crippen molar-refractivity contribution in [1.29, 1.82) is 0 Å². The first kappa shape index (κ1) is 28.5. The molecular weight excluding hydrogens is 559 g/mol. The number of hydrogen-bond donors (Lipinski definition) is 1. The molecule has 3 aromatic rings. The fourth-order valence-corrected chi connectivity index (χ4v) is 5.04. The van der Waals surface area contributed by atoms with Crippen LogP contribution in [0.3, 0.4) is 0 Å². The Kier molecular flexibility index (Phi) is 9.22. The lowest BCUT2D eigenvalue weighted by atomic mass is 10.1. The molecular formula is C29H26Cl2N2O5S. The molecule has 1 N–H and O–H groups in total. The van der Waals surface area contributed by atoms with Gasteiger partial charge in [-0.2, -0.15) is 0 Å². The molecule has 3 aromatic carbocycles. The first-order chi connectivity index (χ1) is 18.6. The minimum Gasteiger partial charge on any atom is -0.490 e. The molecule has 0 atom stereocenters. The van der Waals surface area contributed by atoms with Crippen LogP contribution >= 0.6 is 35.0 Å². The zero-order valence-electron chi connectivity index (χ0n) is 21.5. The van der Waals surface area contributed by atoms with Crippen LogP contribution in [0.25, 0.3) is 6.08 Å². The van der Waals surface area contributed by atoms with E-state index in [9.17, 15) is 14.4 Å². The number of ether oxygens (including phenoxy) is 2. The van der Waals surface area contributed by atoms with Gasteiger partial charge in [-0.1, -0.05) is 47.5 Å². The Morgan fingerprint density at radius 1 is 1.03 bits per heavy atom. The number of nitrogens with one attached hydrogen (secondary N) is 1. The summed E-state index contributed by atoms with van der Waals surface area (Å²) in [7, 11) is 0. The maximum absolute atomic E-state index is 13.0. The molecule has 0 saturated carbocycles. The predicted octanol–water partition coefficient (Wildman–Crippen LogP) is 7.26. The molecule has 1 aliphatic rings. The summed E-state index contributed by atoms with van der Waals surface area (Å²) in [5.41, 5.74) is 3.95. The summed E-state index contributed by atoms with van der Waals surface area (Å²) in [5.74, 6) is -0.256. The molecule has 0 spiro atoms. The zero-order valence-corrected chi connectivity index (χ0v) is 23.9. The van der Waals surface area contributed by atoms with E-state index >= 15 is 0 Å². The van der Waals surface area contributed by atoms with Crippen molar-refractivity contribution in [2.75, 3.05) is 18.5 Å². The standard InChI is InChI=1S/C29H26Cl2N2O5S/c1-4-37-24-13-20(12-22(31)27(24)38-16-19-7-9-21(30)10-8-19)14-25-28(35)33(29(36)39-25)15-26(34)32-23-11-17(2)5-6-18(23)3/h5-14H,4,15-16H2,1-3H3,(H,32,34)/b25-14+. The summed E-state index contributed by atoms with van der Waals surface area (Å²) < 4.78 is 11.7. The van der Waals surface area contributed by atoms with Crippen molar-refractivity contribution in [3.05, 3.63) is 91.8 Å². The SMILES string of the molecule is CCOc1cc(/C=C2/SC(=O)N(CC(=O)Nc3cc(C)ccc3C)C2=O)cc(Cl)c1OCc1ccc(Cl)cc1. The van der Waals surface area contributed by atoms with E-state index in [-0.39, 0.29) is 16.5 Å². The van der Waals surface area contributed by atoms with Gasteiger partial charge in [0.15, 0.2) is 11.5 Å². The maximum Gasteiger partial charge on any atom is 0.294 e. The lowest BCUT2D eigenvalue weighted by molar-refractivity contribution is -0.127. The van der Waals surface area contributed by atoms with E-state index in [0.717, 1.165) is 33.4 Å². The minimum absolute atomic E-state index is 0.174. The summed E-state index contributed by atoms with van der Waals surface area (Å²) in [4.78, 5) is 39.3. The molecule has 202 valence electrons. The van der Waals surface area contributed by atoms with Crippen molar-refractivity contribution in [3.63, 3.8) is 0 Å². The topological polar surface area (TPSA) is 84.9 Å². The van der Waals surface area contributed by atoms with Gasteiger partial charge in [-0.3, -0.25) is 19.3 Å². The van der Waals surface area contributed by atoms with Gasteiger partial charge in [0.25, 0.3) is 11.1 Å². The normalized spacial score (nSPS) is 14.2. The Hall–Kier alpha value is -3.46. The van der Waals surface area contributed by atoms with Gasteiger partial charge in [0.1, 0.15) is 13.2 Å². The molecule has 1 heterocycles. The van der Waals surface area contributed by atoms with Crippen molar-refractivity contribution < 1.29 is 23.9 Å². The van der Waals surface area contributed by atoms with Gasteiger partial charge < -0.3 is 14.8 Å². The molecule has 0 bridgehead atoms. The van der Waals surface area contributed by atoms with Crippen molar-refractivity contribution in [3.8, 4) is 11.5 Å². The smallest absolute Gasteiger partial charge is 0.294 e. The van der Waals surface area contributed by atoms with Gasteiger partial charge >= 0.3 is 0 Å². The molecule has 39 heavy (non-hydrogen) atoms. The third-order valence-corrected chi connectivity index (χ3v) is 7.21. The zero-order chi connectivity index (χ0) is 28.1. The number of carbonyl (C=O) groups excluding carboxylic acids is 3. The monoisotopic (exact) mass is 584 g/mol. The van der Waals surface area contributed by atoms with Crippen molar-refractivity contribution >= 4 is 63.8 Å². The Labute approximate surface area is 241 Å². The van der Waals surface area contributed by atoms with Gasteiger partial charge in [-0.05, 0) is 91.2 Å². The summed E-state index contributed by atoms with van der Waals surface area (Å²) in [6.07, 6.45) is 1.55. The number of hydrogen-bond acceptors (Lipinski definition) is 6. The molecule has 0 unspecified atom stereocenters. The fourth-order valence-electron chi connectivity index (χ4n) is 3.80. The quantitative estimate of drug-likeness (QED) is 0.266. The van der Waals surface area contributed by atoms with Gasteiger partial charge in [0, 0.05) is 10.7 Å². The van der Waals surface area contributed by atoms with Crippen LogP contribution in [0.2, 0.25) is 10.0 Å². The highest BCUT2D eigenvalue weighted by Crippen LogP contribution is 2.39. The van der Waals surface area contributed by atoms with Crippen LogP contribution < -0.4 is 14.8 Å². The molecule has 0 aliphatic carbocycles. The summed E-state index contributed by atoms with van der Waals surface area (Å²) in [5, 5.41) is 3.16. The van der Waals surface area contributed by atoms with E-state index in [1.54, 1.807) is 30.3 Å². The highest BCUT2D eigenvalue weighted by molar-refractivity contribution is 8.18. The van der Waals surface area contributed by atoms with Gasteiger partial charge in [-0.25, -0.2) is 0 Å². The van der Waals surface area contributed by atoms with Crippen LogP contribution in [0, 0.1) is 13.8 Å². The van der Waals surface area contributed by atoms with E-state index in [2.05, 4.69) is 5.32 Å². The van der Waals surface area contributed by atoms with Gasteiger partial charge in [0.05, 0.1) is 16.5 Å². The number of nitrogens with zero attached hydrogens (tertiary/aromatic N) is 1. The largest absolute Gasteiger partial charge is 0.490 e. The highest BCUT2D eigenvalue weighted by Gasteiger charge is 2.36. The molecule has 1 saturated heterocycles. The lowest BCUT2D eigenvalue weighted by Crippen LogP contribution is -2.36. The number of carbonyl (C=O) groups is 3. The number of thioether (sulfide) groups is 1. The number of amides is 3. The molecule has 0 aromatic heterocycles. The number of rotatable bonds is 9. The Bertz CT molecular complexity index is 1460. The number of halogens is 2. The Balaban J connectivity index is 1.49. The second kappa shape index (κ2) is 12.6. The van der Waals surface area contributed by atoms with Crippen LogP contribution in [0.5, 0.6) is 11.5 Å². The minimum atomic E-state index is -0.557. The van der Waals surface area contributed by atoms with Crippen LogP contribution in [0.15, 0.2) is 59.5 Å². The first-order valence-electron chi connectivity index (χ1n) is 12.1. The lowest BCUT2D eigenvalue weighted by Gasteiger charge is -2.15. The molecule has 7 nitrogen and oxygen atoms in total. The van der Waals surface area contributed by atoms with Crippen molar-refractivity contribution in [1.82, 2.24) is 4.90 Å². The van der Waals surface area contributed by atoms with E-state index in [1.807, 2.05) is 51.1 Å². The molecule has 0 radical (unpaired) electrons. The van der Waals surface area contributed by atoms with E-state index in [4.69, 9.17) is 32.7 Å². The molecule has 10 heteroatoms. The number of anilines is 1. The average molecular weight is 586 g/mol. The van der Waals surface area contributed by atoms with Crippen LogP contribution in [-0.4, -0.2) is 35.1 Å². The van der Waals surface area contributed by atoms with Gasteiger partial charge in [0.2, 0.25) is 5.91 Å². The fraction of sp³-hybridized carbons (Fsp3) is 0.207. The van der Waals surface area contributed by atoms with E-state index in [0.29, 0.717) is 34.4 Å². The number of imide groups is 1.